The Morgan fingerprint density at radius 3 is 2.69 bits per heavy atom. The van der Waals surface area contributed by atoms with Gasteiger partial charge in [0.1, 0.15) is 5.69 Å². The molecule has 1 atom stereocenters. The van der Waals surface area contributed by atoms with E-state index in [-0.39, 0.29) is 17.8 Å². The number of pyridine rings is 2. The number of anilines is 1. The largest absolute Gasteiger partial charge is 0.483 e. The van der Waals surface area contributed by atoms with Crippen LogP contribution in [0.25, 0.3) is 11.0 Å². The summed E-state index contributed by atoms with van der Waals surface area (Å²) in [7, 11) is 0. The lowest BCUT2D eigenvalue weighted by molar-refractivity contribution is -0.122. The molecule has 3 aromatic rings. The number of piperidine rings is 2. The normalized spacial score (nSPS) is 20.0. The smallest absolute Gasteiger partial charge is 0.290 e. The van der Waals surface area contributed by atoms with E-state index in [0.717, 1.165) is 42.9 Å². The van der Waals surface area contributed by atoms with Crippen LogP contribution < -0.4 is 4.90 Å². The van der Waals surface area contributed by atoms with Crippen molar-refractivity contribution in [2.24, 2.45) is 5.41 Å². The summed E-state index contributed by atoms with van der Waals surface area (Å²) in [5.41, 5.74) is 0.916. The molecule has 1 spiro atoms. The molecule has 0 aliphatic carbocycles. The van der Waals surface area contributed by atoms with Crippen LogP contribution in [0.4, 0.5) is 5.13 Å². The molecule has 2 aliphatic rings. The third-order valence-corrected chi connectivity index (χ3v) is 6.94. The zero-order chi connectivity index (χ0) is 22.6. The van der Waals surface area contributed by atoms with Crippen molar-refractivity contribution in [3.05, 3.63) is 47.7 Å². The Morgan fingerprint density at radius 1 is 1.19 bits per heavy atom. The second kappa shape index (κ2) is 9.58. The summed E-state index contributed by atoms with van der Waals surface area (Å²) >= 11 is 1.66. The third kappa shape index (κ3) is 4.71. The number of aromatic nitrogens is 3. The van der Waals surface area contributed by atoms with Crippen molar-refractivity contribution in [2.75, 3.05) is 31.1 Å². The number of nitrogens with zero attached hydrogens (tertiary/aromatic N) is 5. The average molecular weight is 456 g/mol. The summed E-state index contributed by atoms with van der Waals surface area (Å²) < 4.78 is 0. The highest BCUT2D eigenvalue weighted by Gasteiger charge is 2.43. The lowest BCUT2D eigenvalue weighted by Crippen LogP contribution is -2.55. The Labute approximate surface area is 189 Å². The molecule has 5 heterocycles. The number of aliphatic hydroxyl groups excluding tert-OH is 1. The van der Waals surface area contributed by atoms with Crippen LogP contribution in [0.3, 0.4) is 0 Å². The molecule has 0 bridgehead atoms. The maximum absolute atomic E-state index is 13.2. The van der Waals surface area contributed by atoms with Crippen molar-refractivity contribution >= 4 is 39.9 Å². The summed E-state index contributed by atoms with van der Waals surface area (Å²) in [6.45, 7) is 2.58. The van der Waals surface area contributed by atoms with Crippen molar-refractivity contribution in [3.63, 3.8) is 0 Å². The van der Waals surface area contributed by atoms with E-state index in [0.29, 0.717) is 24.4 Å². The predicted octanol–water partition coefficient (Wildman–Crippen LogP) is 2.28. The minimum absolute atomic E-state index is 0.0455. The van der Waals surface area contributed by atoms with Crippen molar-refractivity contribution in [3.8, 4) is 0 Å². The minimum Gasteiger partial charge on any atom is -0.483 e. The topological polar surface area (TPSA) is 120 Å². The molecule has 168 valence electrons. The molecule has 1 amide bonds. The third-order valence-electron chi connectivity index (χ3n) is 6.11. The average Bonchev–Trinajstić information content (AvgIpc) is 3.34. The van der Waals surface area contributed by atoms with E-state index in [4.69, 9.17) is 9.90 Å². The van der Waals surface area contributed by atoms with Gasteiger partial charge in [-0.1, -0.05) is 0 Å². The van der Waals surface area contributed by atoms with Gasteiger partial charge in [0.15, 0.2) is 10.8 Å². The van der Waals surface area contributed by atoms with Gasteiger partial charge in [-0.25, -0.2) is 15.0 Å². The molecule has 2 aliphatic heterocycles. The Balaban J connectivity index is 0.000000775. The molecule has 2 saturated heterocycles. The van der Waals surface area contributed by atoms with E-state index >= 15 is 0 Å². The number of rotatable bonds is 2. The maximum Gasteiger partial charge on any atom is 0.290 e. The number of carbonyl (C=O) groups excluding carboxylic acids is 1. The van der Waals surface area contributed by atoms with Gasteiger partial charge < -0.3 is 20.0 Å². The van der Waals surface area contributed by atoms with Crippen LogP contribution >= 0.6 is 11.3 Å². The van der Waals surface area contributed by atoms with Crippen molar-refractivity contribution < 1.29 is 19.8 Å². The zero-order valence-corrected chi connectivity index (χ0v) is 18.3. The zero-order valence-electron chi connectivity index (χ0n) is 17.5. The quantitative estimate of drug-likeness (QED) is 0.565. The molecule has 1 unspecified atom stereocenters. The van der Waals surface area contributed by atoms with Gasteiger partial charge in [-0.15, -0.1) is 11.3 Å². The number of likely N-dealkylation sites (tertiary alicyclic amines) is 1. The first-order chi connectivity index (χ1) is 15.5. The van der Waals surface area contributed by atoms with Crippen molar-refractivity contribution in [2.45, 2.75) is 25.4 Å². The van der Waals surface area contributed by atoms with E-state index in [1.165, 1.54) is 0 Å². The number of hydrogen-bond acceptors (Lipinski definition) is 8. The number of fused-ring (bicyclic) bond motifs is 1. The second-order valence-corrected chi connectivity index (χ2v) is 9.07. The van der Waals surface area contributed by atoms with Crippen molar-refractivity contribution in [1.29, 1.82) is 0 Å². The van der Waals surface area contributed by atoms with E-state index in [2.05, 4.69) is 19.9 Å². The molecule has 10 heteroatoms. The Morgan fingerprint density at radius 2 is 1.97 bits per heavy atom. The Kier molecular flexibility index (Phi) is 6.61. The lowest BCUT2D eigenvalue weighted by Gasteiger charge is -2.49. The molecular weight excluding hydrogens is 430 g/mol. The highest BCUT2D eigenvalue weighted by molar-refractivity contribution is 7.13. The van der Waals surface area contributed by atoms with Crippen LogP contribution in [0.5, 0.6) is 0 Å². The summed E-state index contributed by atoms with van der Waals surface area (Å²) in [6.07, 6.45) is 5.65. The summed E-state index contributed by atoms with van der Waals surface area (Å²) in [5, 5.41) is 21.4. The van der Waals surface area contributed by atoms with E-state index in [1.807, 2.05) is 29.8 Å². The fraction of sp³-hybridized carbons (Fsp3) is 0.409. The van der Waals surface area contributed by atoms with Crippen LogP contribution in [0.15, 0.2) is 42.0 Å². The monoisotopic (exact) mass is 455 g/mol. The van der Waals surface area contributed by atoms with Gasteiger partial charge in [-0.05, 0) is 48.9 Å². The van der Waals surface area contributed by atoms with E-state index in [9.17, 15) is 9.90 Å². The van der Waals surface area contributed by atoms with Gasteiger partial charge in [0.05, 0.1) is 6.10 Å². The minimum atomic E-state index is -0.502. The van der Waals surface area contributed by atoms with Crippen LogP contribution in [0, 0.1) is 5.41 Å². The molecule has 9 nitrogen and oxygen atoms in total. The standard InChI is InChI=1S/C21H23N5O2S.CH2O2/c27-16-12-21(5-9-25(10-6-21)20-23-8-11-29-20)14-26(13-16)19(28)17-4-3-15-2-1-7-22-18(15)24-17;2-1-3/h1-4,7-8,11,16,27H,5-6,9-10,12-14H2;1H,(H,2,3). The van der Waals surface area contributed by atoms with Crippen LogP contribution in [0.2, 0.25) is 0 Å². The first-order valence-corrected chi connectivity index (χ1v) is 11.3. The lowest BCUT2D eigenvalue weighted by atomic mass is 9.71. The van der Waals surface area contributed by atoms with Crippen molar-refractivity contribution in [1.82, 2.24) is 19.9 Å². The van der Waals surface area contributed by atoms with Gasteiger partial charge in [0.25, 0.3) is 12.4 Å². The van der Waals surface area contributed by atoms with Gasteiger partial charge in [-0.3, -0.25) is 9.59 Å². The highest BCUT2D eigenvalue weighted by Crippen LogP contribution is 2.41. The van der Waals surface area contributed by atoms with Gasteiger partial charge in [-0.2, -0.15) is 0 Å². The fourth-order valence-electron chi connectivity index (χ4n) is 4.65. The first kappa shape index (κ1) is 22.1. The van der Waals surface area contributed by atoms with Crippen LogP contribution in [-0.4, -0.2) is 74.7 Å². The molecular formula is C22H25N5O4S. The number of carboxylic acid groups (broad SMARTS) is 1. The molecule has 0 saturated carbocycles. The highest BCUT2D eigenvalue weighted by atomic mass is 32.1. The Bertz CT molecular complexity index is 1070. The number of amides is 1. The number of β-amino-alcohol motifs (C(OH)–C–C–N with tert-alkyl or cyclic N) is 1. The molecule has 2 N–H and O–H groups in total. The molecule has 5 rings (SSSR count). The first-order valence-electron chi connectivity index (χ1n) is 10.4. The number of thiazole rings is 1. The van der Waals surface area contributed by atoms with E-state index < -0.39 is 6.10 Å². The van der Waals surface area contributed by atoms with Gasteiger partial charge in [0, 0.05) is 49.3 Å². The van der Waals surface area contributed by atoms with Crippen LogP contribution in [-0.2, 0) is 4.79 Å². The molecule has 0 aromatic carbocycles. The second-order valence-electron chi connectivity index (χ2n) is 8.20. The van der Waals surface area contributed by atoms with Crippen LogP contribution in [0.1, 0.15) is 29.8 Å². The fourth-order valence-corrected chi connectivity index (χ4v) is 5.35. The predicted molar refractivity (Wildman–Crippen MR) is 121 cm³/mol. The van der Waals surface area contributed by atoms with Gasteiger partial charge in [0.2, 0.25) is 0 Å². The van der Waals surface area contributed by atoms with Gasteiger partial charge >= 0.3 is 0 Å². The SMILES string of the molecule is O=C(c1ccc2cccnc2n1)N1CC(O)CC2(CCN(c3nccs3)CC2)C1.O=CO. The summed E-state index contributed by atoms with van der Waals surface area (Å²) in [5.74, 6) is -0.127. The molecule has 32 heavy (non-hydrogen) atoms. The summed E-state index contributed by atoms with van der Waals surface area (Å²) in [6, 6.07) is 7.42. The number of hydrogen-bond donors (Lipinski definition) is 2. The molecule has 2 fully saturated rings. The number of carbonyl (C=O) groups is 2. The maximum atomic E-state index is 13.2. The number of aliphatic hydroxyl groups is 1. The molecule has 0 radical (unpaired) electrons. The Hall–Kier alpha value is -3.11. The molecule has 3 aromatic heterocycles. The van der Waals surface area contributed by atoms with E-state index in [1.54, 1.807) is 28.5 Å². The summed E-state index contributed by atoms with van der Waals surface area (Å²) in [4.78, 5) is 38.7.